The zero-order chi connectivity index (χ0) is 11.3. The minimum atomic E-state index is 0.264. The van der Waals surface area contributed by atoms with Crippen LogP contribution in [0.4, 0.5) is 0 Å². The van der Waals surface area contributed by atoms with Gasteiger partial charge in [0, 0.05) is 12.1 Å². The van der Waals surface area contributed by atoms with Gasteiger partial charge in [0.15, 0.2) is 0 Å². The van der Waals surface area contributed by atoms with E-state index in [0.717, 1.165) is 6.42 Å². The molecule has 1 aliphatic heterocycles. The maximum absolute atomic E-state index is 5.45. The number of terminal acetylenes is 1. The van der Waals surface area contributed by atoms with Crippen LogP contribution in [0.3, 0.4) is 0 Å². The quantitative estimate of drug-likeness (QED) is 0.709. The molecular formula is C13H24N2. The Bertz CT molecular complexity index is 209. The molecule has 2 nitrogen and oxygen atoms in total. The molecule has 0 radical (unpaired) electrons. The zero-order valence-electron chi connectivity index (χ0n) is 10.3. The summed E-state index contributed by atoms with van der Waals surface area (Å²) in [5.41, 5.74) is 0. The number of hydrogen-bond acceptors (Lipinski definition) is 2. The van der Waals surface area contributed by atoms with Crippen LogP contribution in [0, 0.1) is 12.3 Å². The second kappa shape index (κ2) is 6.15. The van der Waals surface area contributed by atoms with E-state index < -0.39 is 0 Å². The first-order valence-corrected chi connectivity index (χ1v) is 6.13. The molecule has 0 aromatic rings. The fourth-order valence-electron chi connectivity index (χ4n) is 2.15. The third-order valence-electron chi connectivity index (χ3n) is 3.31. The van der Waals surface area contributed by atoms with Crippen molar-refractivity contribution in [2.24, 2.45) is 0 Å². The molecule has 0 aromatic heterocycles. The summed E-state index contributed by atoms with van der Waals surface area (Å²) in [7, 11) is 0. The topological polar surface area (TPSA) is 15.3 Å². The van der Waals surface area contributed by atoms with Crippen LogP contribution in [0.1, 0.15) is 40.0 Å². The van der Waals surface area contributed by atoms with Crippen LogP contribution in [0.15, 0.2) is 0 Å². The number of nitrogens with zero attached hydrogens (tertiary/aromatic N) is 1. The van der Waals surface area contributed by atoms with Crippen LogP contribution in [0.2, 0.25) is 0 Å². The van der Waals surface area contributed by atoms with E-state index in [4.69, 9.17) is 6.42 Å². The second-order valence-corrected chi connectivity index (χ2v) is 4.70. The Morgan fingerprint density at radius 1 is 1.40 bits per heavy atom. The van der Waals surface area contributed by atoms with Gasteiger partial charge in [-0.1, -0.05) is 12.8 Å². The van der Waals surface area contributed by atoms with Crippen molar-refractivity contribution in [3.8, 4) is 12.3 Å². The molecule has 0 bridgehead atoms. The van der Waals surface area contributed by atoms with Crippen LogP contribution >= 0.6 is 0 Å². The zero-order valence-corrected chi connectivity index (χ0v) is 10.3. The summed E-state index contributed by atoms with van der Waals surface area (Å²) >= 11 is 0. The van der Waals surface area contributed by atoms with E-state index in [1.807, 2.05) is 0 Å². The third-order valence-corrected chi connectivity index (χ3v) is 3.31. The van der Waals surface area contributed by atoms with Gasteiger partial charge in [0.2, 0.25) is 0 Å². The summed E-state index contributed by atoms with van der Waals surface area (Å²) < 4.78 is 0. The van der Waals surface area contributed by atoms with Crippen molar-refractivity contribution in [2.45, 2.75) is 58.2 Å². The predicted molar refractivity (Wildman–Crippen MR) is 65.8 cm³/mol. The molecule has 15 heavy (non-hydrogen) atoms. The number of rotatable bonds is 4. The summed E-state index contributed by atoms with van der Waals surface area (Å²) in [6.07, 6.45) is 8.95. The number of nitrogens with one attached hydrogen (secondary N) is 1. The van der Waals surface area contributed by atoms with Gasteiger partial charge in [-0.3, -0.25) is 0 Å². The first-order chi connectivity index (χ1) is 7.17. The highest BCUT2D eigenvalue weighted by atomic mass is 15.2. The molecule has 0 saturated carbocycles. The van der Waals surface area contributed by atoms with Crippen molar-refractivity contribution < 1.29 is 0 Å². The minimum Gasteiger partial charge on any atom is -0.301 e. The van der Waals surface area contributed by atoms with Crippen molar-refractivity contribution in [1.29, 1.82) is 0 Å². The molecule has 1 saturated heterocycles. The summed E-state index contributed by atoms with van der Waals surface area (Å²) in [5, 5.41) is 3.55. The largest absolute Gasteiger partial charge is 0.301 e. The molecule has 1 rings (SSSR count). The normalized spacial score (nSPS) is 21.5. The maximum atomic E-state index is 5.45. The predicted octanol–water partition coefficient (Wildman–Crippen LogP) is 1.86. The van der Waals surface area contributed by atoms with Crippen molar-refractivity contribution in [2.75, 3.05) is 13.1 Å². The lowest BCUT2D eigenvalue weighted by Crippen LogP contribution is -2.47. The second-order valence-electron chi connectivity index (χ2n) is 4.70. The maximum Gasteiger partial charge on any atom is 0.0686 e. The fourth-order valence-corrected chi connectivity index (χ4v) is 2.15. The Hall–Kier alpha value is -0.520. The molecule has 1 heterocycles. The standard InChI is InChI=1S/C13H24N2/c1-5-12(6-2)14-13-7-9-15(10-8-13)11(3)4/h1,11-14H,6-10H2,2-4H3. The van der Waals surface area contributed by atoms with E-state index in [2.05, 4.69) is 36.9 Å². The molecule has 2 heteroatoms. The minimum absolute atomic E-state index is 0.264. The van der Waals surface area contributed by atoms with Gasteiger partial charge in [-0.05, 0) is 46.2 Å². The molecule has 0 aromatic carbocycles. The fraction of sp³-hybridized carbons (Fsp3) is 0.846. The van der Waals surface area contributed by atoms with Gasteiger partial charge in [0.25, 0.3) is 0 Å². The van der Waals surface area contributed by atoms with Gasteiger partial charge in [-0.25, -0.2) is 0 Å². The van der Waals surface area contributed by atoms with Crippen LogP contribution in [-0.2, 0) is 0 Å². The van der Waals surface area contributed by atoms with Gasteiger partial charge in [0.1, 0.15) is 0 Å². The van der Waals surface area contributed by atoms with Gasteiger partial charge in [-0.2, -0.15) is 0 Å². The van der Waals surface area contributed by atoms with E-state index in [0.29, 0.717) is 12.1 Å². The Balaban J connectivity index is 2.29. The molecule has 0 amide bonds. The Labute approximate surface area is 94.4 Å². The van der Waals surface area contributed by atoms with Gasteiger partial charge in [0.05, 0.1) is 6.04 Å². The average Bonchev–Trinajstić information content (AvgIpc) is 2.26. The van der Waals surface area contributed by atoms with Crippen LogP contribution in [-0.4, -0.2) is 36.1 Å². The Morgan fingerprint density at radius 2 is 2.00 bits per heavy atom. The van der Waals surface area contributed by atoms with Gasteiger partial charge in [-0.15, -0.1) is 6.42 Å². The van der Waals surface area contributed by atoms with E-state index in [1.165, 1.54) is 25.9 Å². The molecule has 86 valence electrons. The van der Waals surface area contributed by atoms with Crippen LogP contribution in [0.5, 0.6) is 0 Å². The van der Waals surface area contributed by atoms with Crippen molar-refractivity contribution >= 4 is 0 Å². The smallest absolute Gasteiger partial charge is 0.0686 e. The number of hydrogen-bond donors (Lipinski definition) is 1. The van der Waals surface area contributed by atoms with Crippen LogP contribution in [0.25, 0.3) is 0 Å². The van der Waals surface area contributed by atoms with Crippen LogP contribution < -0.4 is 5.32 Å². The molecule has 0 aliphatic carbocycles. The molecule has 1 unspecified atom stereocenters. The van der Waals surface area contributed by atoms with Crippen molar-refractivity contribution in [1.82, 2.24) is 10.2 Å². The van der Waals surface area contributed by atoms with E-state index in [-0.39, 0.29) is 6.04 Å². The highest BCUT2D eigenvalue weighted by molar-refractivity contribution is 4.99. The number of likely N-dealkylation sites (tertiary alicyclic amines) is 1. The summed E-state index contributed by atoms with van der Waals surface area (Å²) in [4.78, 5) is 2.54. The molecule has 0 spiro atoms. The number of piperidine rings is 1. The first-order valence-electron chi connectivity index (χ1n) is 6.13. The van der Waals surface area contributed by atoms with Crippen molar-refractivity contribution in [3.05, 3.63) is 0 Å². The summed E-state index contributed by atoms with van der Waals surface area (Å²) in [6.45, 7) is 9.08. The molecule has 1 atom stereocenters. The SMILES string of the molecule is C#CC(CC)NC1CCN(C(C)C)CC1. The monoisotopic (exact) mass is 208 g/mol. The van der Waals surface area contributed by atoms with E-state index in [9.17, 15) is 0 Å². The Morgan fingerprint density at radius 3 is 2.40 bits per heavy atom. The first kappa shape index (κ1) is 12.5. The highest BCUT2D eigenvalue weighted by Gasteiger charge is 2.21. The molecule has 1 fully saturated rings. The lowest BCUT2D eigenvalue weighted by atomic mass is 10.0. The molecular weight excluding hydrogens is 184 g/mol. The average molecular weight is 208 g/mol. The highest BCUT2D eigenvalue weighted by Crippen LogP contribution is 2.13. The Kier molecular flexibility index (Phi) is 5.14. The summed E-state index contributed by atoms with van der Waals surface area (Å²) in [5.74, 6) is 2.81. The molecule has 1 N–H and O–H groups in total. The van der Waals surface area contributed by atoms with Gasteiger partial charge >= 0.3 is 0 Å². The lowest BCUT2D eigenvalue weighted by molar-refractivity contribution is 0.159. The van der Waals surface area contributed by atoms with E-state index in [1.54, 1.807) is 0 Å². The van der Waals surface area contributed by atoms with E-state index >= 15 is 0 Å². The van der Waals surface area contributed by atoms with Crippen molar-refractivity contribution in [3.63, 3.8) is 0 Å². The molecule has 1 aliphatic rings. The lowest BCUT2D eigenvalue weighted by Gasteiger charge is -2.35. The third kappa shape index (κ3) is 3.85. The summed E-state index contributed by atoms with van der Waals surface area (Å²) in [6, 6.07) is 1.57. The van der Waals surface area contributed by atoms with Gasteiger partial charge < -0.3 is 10.2 Å².